The normalized spacial score (nSPS) is 13.1. The highest BCUT2D eigenvalue weighted by atomic mass is 16.5. The number of aromatic nitrogens is 1. The summed E-state index contributed by atoms with van der Waals surface area (Å²) in [5, 5.41) is 9.11. The van der Waals surface area contributed by atoms with Crippen LogP contribution in [0.3, 0.4) is 0 Å². The fraction of sp³-hybridized carbons (Fsp3) is 0.250. The highest BCUT2D eigenvalue weighted by Gasteiger charge is 2.15. The van der Waals surface area contributed by atoms with Gasteiger partial charge in [-0.1, -0.05) is 12.1 Å². The van der Waals surface area contributed by atoms with Crippen molar-refractivity contribution < 1.29 is 14.6 Å². The first-order valence-electron chi connectivity index (χ1n) is 6.65. The molecule has 0 radical (unpaired) electrons. The molecular weight excluding hydrogens is 254 g/mol. The topological polar surface area (TPSA) is 59.4 Å². The van der Waals surface area contributed by atoms with Crippen molar-refractivity contribution in [3.05, 3.63) is 52.7 Å². The van der Waals surface area contributed by atoms with Gasteiger partial charge >= 0.3 is 5.97 Å². The molecule has 20 heavy (non-hydrogen) atoms. The summed E-state index contributed by atoms with van der Waals surface area (Å²) in [5.74, 6) is 0.112. The van der Waals surface area contributed by atoms with E-state index in [0.717, 1.165) is 25.0 Å². The zero-order valence-corrected chi connectivity index (χ0v) is 11.2. The van der Waals surface area contributed by atoms with Crippen LogP contribution in [0.15, 0.2) is 30.3 Å². The lowest BCUT2D eigenvalue weighted by Gasteiger charge is -2.10. The monoisotopic (exact) mass is 269 g/mol. The van der Waals surface area contributed by atoms with E-state index in [1.165, 1.54) is 5.56 Å². The van der Waals surface area contributed by atoms with E-state index in [0.29, 0.717) is 17.2 Å². The quantitative estimate of drug-likeness (QED) is 0.928. The minimum absolute atomic E-state index is 0.253. The highest BCUT2D eigenvalue weighted by molar-refractivity contribution is 5.90. The Labute approximate surface area is 117 Å². The van der Waals surface area contributed by atoms with Crippen LogP contribution in [0.1, 0.15) is 33.6 Å². The number of carbonyl (C=O) groups is 1. The molecule has 2 aromatic rings. The van der Waals surface area contributed by atoms with Gasteiger partial charge in [0.15, 0.2) is 0 Å². The molecule has 1 aromatic heterocycles. The Hall–Kier alpha value is -2.36. The van der Waals surface area contributed by atoms with Crippen molar-refractivity contribution in [2.45, 2.75) is 26.2 Å². The number of benzene rings is 1. The molecule has 0 unspecified atom stereocenters. The van der Waals surface area contributed by atoms with Gasteiger partial charge in [0.2, 0.25) is 5.88 Å². The Morgan fingerprint density at radius 3 is 2.90 bits per heavy atom. The lowest BCUT2D eigenvalue weighted by atomic mass is 10.1. The minimum Gasteiger partial charge on any atom is -0.478 e. The standard InChI is InChI=1S/C16H15NO3/c1-10-12(16(18)19)5-3-7-14(10)20-15-9-8-11-4-2-6-13(11)17-15/h3,5,7-9H,2,4,6H2,1H3,(H,18,19). The third kappa shape index (κ3) is 2.25. The summed E-state index contributed by atoms with van der Waals surface area (Å²) in [5.41, 5.74) is 3.24. The molecule has 0 saturated carbocycles. The molecule has 0 saturated heterocycles. The summed E-state index contributed by atoms with van der Waals surface area (Å²) in [4.78, 5) is 15.6. The fourth-order valence-electron chi connectivity index (χ4n) is 2.53. The number of pyridine rings is 1. The largest absolute Gasteiger partial charge is 0.478 e. The number of nitrogens with zero attached hydrogens (tertiary/aromatic N) is 1. The van der Waals surface area contributed by atoms with E-state index in [2.05, 4.69) is 4.98 Å². The zero-order chi connectivity index (χ0) is 14.1. The first-order chi connectivity index (χ1) is 9.65. The predicted octanol–water partition coefficient (Wildman–Crippen LogP) is 3.37. The maximum absolute atomic E-state index is 11.1. The Morgan fingerprint density at radius 1 is 1.25 bits per heavy atom. The number of carboxylic acid groups (broad SMARTS) is 1. The molecule has 4 heteroatoms. The highest BCUT2D eigenvalue weighted by Crippen LogP contribution is 2.28. The van der Waals surface area contributed by atoms with Crippen molar-refractivity contribution in [2.75, 3.05) is 0 Å². The number of rotatable bonds is 3. The maximum Gasteiger partial charge on any atom is 0.336 e. The number of aryl methyl sites for hydroxylation is 2. The molecule has 0 atom stereocenters. The van der Waals surface area contributed by atoms with E-state index in [-0.39, 0.29) is 5.56 Å². The molecule has 102 valence electrons. The van der Waals surface area contributed by atoms with Crippen molar-refractivity contribution in [3.8, 4) is 11.6 Å². The first kappa shape index (κ1) is 12.7. The second kappa shape index (κ2) is 4.96. The van der Waals surface area contributed by atoms with Gasteiger partial charge in [-0.25, -0.2) is 9.78 Å². The Kier molecular flexibility index (Phi) is 3.14. The Balaban J connectivity index is 1.92. The van der Waals surface area contributed by atoms with Crippen LogP contribution in [0.4, 0.5) is 0 Å². The van der Waals surface area contributed by atoms with E-state index >= 15 is 0 Å². The van der Waals surface area contributed by atoms with Gasteiger partial charge in [-0.2, -0.15) is 0 Å². The van der Waals surface area contributed by atoms with E-state index in [1.54, 1.807) is 25.1 Å². The van der Waals surface area contributed by atoms with Gasteiger partial charge < -0.3 is 9.84 Å². The second-order valence-electron chi connectivity index (χ2n) is 4.94. The molecule has 1 aliphatic carbocycles. The van der Waals surface area contributed by atoms with Gasteiger partial charge in [-0.05, 0) is 43.9 Å². The third-order valence-corrected chi connectivity index (χ3v) is 3.63. The van der Waals surface area contributed by atoms with Crippen LogP contribution >= 0.6 is 0 Å². The molecule has 0 aliphatic heterocycles. The first-order valence-corrected chi connectivity index (χ1v) is 6.65. The molecule has 0 fully saturated rings. The van der Waals surface area contributed by atoms with Crippen molar-refractivity contribution in [2.24, 2.45) is 0 Å². The van der Waals surface area contributed by atoms with Crippen molar-refractivity contribution in [3.63, 3.8) is 0 Å². The molecule has 3 rings (SSSR count). The van der Waals surface area contributed by atoms with Crippen LogP contribution in [0.2, 0.25) is 0 Å². The third-order valence-electron chi connectivity index (χ3n) is 3.63. The summed E-state index contributed by atoms with van der Waals surface area (Å²) in [6.45, 7) is 1.74. The van der Waals surface area contributed by atoms with Gasteiger partial charge in [0, 0.05) is 17.3 Å². The molecule has 0 spiro atoms. The second-order valence-corrected chi connectivity index (χ2v) is 4.94. The number of ether oxygens (including phenoxy) is 1. The Morgan fingerprint density at radius 2 is 2.10 bits per heavy atom. The molecule has 1 aliphatic rings. The van der Waals surface area contributed by atoms with Gasteiger partial charge in [-0.15, -0.1) is 0 Å². The van der Waals surface area contributed by atoms with E-state index in [4.69, 9.17) is 9.84 Å². The minimum atomic E-state index is -0.949. The van der Waals surface area contributed by atoms with Crippen LogP contribution in [0.25, 0.3) is 0 Å². The summed E-state index contributed by atoms with van der Waals surface area (Å²) < 4.78 is 5.75. The van der Waals surface area contributed by atoms with Crippen molar-refractivity contribution >= 4 is 5.97 Å². The summed E-state index contributed by atoms with van der Waals surface area (Å²) in [6.07, 6.45) is 3.20. The van der Waals surface area contributed by atoms with Crippen molar-refractivity contribution in [1.29, 1.82) is 0 Å². The smallest absolute Gasteiger partial charge is 0.336 e. The van der Waals surface area contributed by atoms with Gasteiger partial charge in [-0.3, -0.25) is 0 Å². The molecule has 1 heterocycles. The van der Waals surface area contributed by atoms with Crippen LogP contribution in [0.5, 0.6) is 11.6 Å². The molecule has 4 nitrogen and oxygen atoms in total. The molecule has 0 amide bonds. The average Bonchev–Trinajstić information content (AvgIpc) is 2.88. The van der Waals surface area contributed by atoms with Gasteiger partial charge in [0.1, 0.15) is 5.75 Å². The summed E-state index contributed by atoms with van der Waals surface area (Å²) in [6, 6.07) is 8.90. The summed E-state index contributed by atoms with van der Waals surface area (Å²) >= 11 is 0. The van der Waals surface area contributed by atoms with Gasteiger partial charge in [0.05, 0.1) is 5.56 Å². The molecular formula is C16H15NO3. The zero-order valence-electron chi connectivity index (χ0n) is 11.2. The average molecular weight is 269 g/mol. The maximum atomic E-state index is 11.1. The van der Waals surface area contributed by atoms with Crippen molar-refractivity contribution in [1.82, 2.24) is 4.98 Å². The van der Waals surface area contributed by atoms with Gasteiger partial charge in [0.25, 0.3) is 0 Å². The fourth-order valence-corrected chi connectivity index (χ4v) is 2.53. The van der Waals surface area contributed by atoms with E-state index in [1.807, 2.05) is 12.1 Å². The van der Waals surface area contributed by atoms with Crippen LogP contribution in [-0.4, -0.2) is 16.1 Å². The van der Waals surface area contributed by atoms with E-state index in [9.17, 15) is 4.79 Å². The number of aromatic carboxylic acids is 1. The predicted molar refractivity (Wildman–Crippen MR) is 74.5 cm³/mol. The molecule has 1 aromatic carbocycles. The van der Waals surface area contributed by atoms with Crippen LogP contribution in [0, 0.1) is 6.92 Å². The number of carboxylic acids is 1. The molecule has 0 bridgehead atoms. The summed E-state index contributed by atoms with van der Waals surface area (Å²) in [7, 11) is 0. The van der Waals surface area contributed by atoms with Crippen LogP contribution < -0.4 is 4.74 Å². The lowest BCUT2D eigenvalue weighted by molar-refractivity contribution is 0.0695. The Bertz CT molecular complexity index is 679. The SMILES string of the molecule is Cc1c(Oc2ccc3c(n2)CCC3)cccc1C(=O)O. The lowest BCUT2D eigenvalue weighted by Crippen LogP contribution is -2.01. The number of hydrogen-bond donors (Lipinski definition) is 1. The number of hydrogen-bond acceptors (Lipinski definition) is 3. The van der Waals surface area contributed by atoms with E-state index < -0.39 is 5.97 Å². The van der Waals surface area contributed by atoms with Crippen LogP contribution in [-0.2, 0) is 12.8 Å². The number of fused-ring (bicyclic) bond motifs is 1. The molecule has 1 N–H and O–H groups in total.